The number of rotatable bonds is 2. The lowest BCUT2D eigenvalue weighted by atomic mass is 10.0. The van der Waals surface area contributed by atoms with Crippen LogP contribution in [0.4, 0.5) is 6.01 Å². The van der Waals surface area contributed by atoms with Gasteiger partial charge >= 0.3 is 0 Å². The third-order valence-corrected chi connectivity index (χ3v) is 3.08. The van der Waals surface area contributed by atoms with Crippen LogP contribution in [0.3, 0.4) is 0 Å². The van der Waals surface area contributed by atoms with Gasteiger partial charge in [0, 0.05) is 5.56 Å². The normalized spacial score (nSPS) is 10.9. The number of aryl methyl sites for hydroxylation is 1. The van der Waals surface area contributed by atoms with Gasteiger partial charge in [0.05, 0.1) is 5.69 Å². The van der Waals surface area contributed by atoms with Gasteiger partial charge in [0.25, 0.3) is 6.01 Å². The number of anilines is 1. The molecule has 0 saturated heterocycles. The molecule has 0 spiro atoms. The number of nitrogens with zero attached hydrogens (tertiary/aromatic N) is 1. The zero-order chi connectivity index (χ0) is 12.5. The Morgan fingerprint density at radius 1 is 1.11 bits per heavy atom. The molecular weight excluding hydrogens is 224 g/mol. The van der Waals surface area contributed by atoms with Crippen LogP contribution in [-0.4, -0.2) is 4.98 Å². The summed E-state index contributed by atoms with van der Waals surface area (Å²) in [5.74, 6) is 0.784. The van der Waals surface area contributed by atoms with Gasteiger partial charge in [-0.3, -0.25) is 0 Å². The highest BCUT2D eigenvalue weighted by Gasteiger charge is 2.14. The van der Waals surface area contributed by atoms with Gasteiger partial charge in [0.15, 0.2) is 5.76 Å². The minimum Gasteiger partial charge on any atom is -0.423 e. The summed E-state index contributed by atoms with van der Waals surface area (Å²) >= 11 is 0. The fraction of sp³-hybridized carbons (Fsp3) is 0.133. The first-order valence-electron chi connectivity index (χ1n) is 6.03. The van der Waals surface area contributed by atoms with Crippen LogP contribution < -0.4 is 5.73 Å². The Hall–Kier alpha value is -2.29. The second-order valence-corrected chi connectivity index (χ2v) is 4.21. The summed E-state index contributed by atoms with van der Waals surface area (Å²) in [5.41, 5.74) is 7.62. The standard InChI is InChI=1S/C15H14N2O/c1-2-13-14(18-15(16)17-13)12-9-5-7-10-6-3-4-8-11(10)12/h3-9H,2H2,1H3,(H2,16,17). The molecule has 0 aliphatic carbocycles. The van der Waals surface area contributed by atoms with Gasteiger partial charge in [-0.25, -0.2) is 0 Å². The van der Waals surface area contributed by atoms with E-state index in [2.05, 4.69) is 23.2 Å². The summed E-state index contributed by atoms with van der Waals surface area (Å²) in [6.45, 7) is 2.05. The molecule has 0 atom stereocenters. The summed E-state index contributed by atoms with van der Waals surface area (Å²) in [5, 5.41) is 2.35. The van der Waals surface area contributed by atoms with Crippen molar-refractivity contribution in [2.45, 2.75) is 13.3 Å². The first-order valence-corrected chi connectivity index (χ1v) is 6.03. The second kappa shape index (κ2) is 4.18. The molecule has 1 heterocycles. The summed E-state index contributed by atoms with van der Waals surface area (Å²) in [4.78, 5) is 4.22. The molecule has 18 heavy (non-hydrogen) atoms. The lowest BCUT2D eigenvalue weighted by molar-refractivity contribution is 0.594. The Morgan fingerprint density at radius 2 is 1.89 bits per heavy atom. The van der Waals surface area contributed by atoms with Crippen molar-refractivity contribution in [3.63, 3.8) is 0 Å². The molecule has 2 aromatic carbocycles. The SMILES string of the molecule is CCc1nc(N)oc1-c1cccc2ccccc12. The summed E-state index contributed by atoms with van der Waals surface area (Å²) in [6, 6.07) is 14.6. The Labute approximate surface area is 105 Å². The molecule has 3 rings (SSSR count). The highest BCUT2D eigenvalue weighted by atomic mass is 16.4. The van der Waals surface area contributed by atoms with Crippen LogP contribution in [0.5, 0.6) is 0 Å². The number of nitrogen functional groups attached to an aromatic ring is 1. The Kier molecular flexibility index (Phi) is 2.52. The van der Waals surface area contributed by atoms with Gasteiger partial charge in [-0.1, -0.05) is 49.4 Å². The van der Waals surface area contributed by atoms with E-state index in [4.69, 9.17) is 10.2 Å². The first kappa shape index (κ1) is 10.8. The largest absolute Gasteiger partial charge is 0.423 e. The van der Waals surface area contributed by atoms with Crippen molar-refractivity contribution in [2.75, 3.05) is 5.73 Å². The average molecular weight is 238 g/mol. The molecule has 0 aliphatic heterocycles. The van der Waals surface area contributed by atoms with Crippen LogP contribution >= 0.6 is 0 Å². The fourth-order valence-electron chi connectivity index (χ4n) is 2.24. The fourth-order valence-corrected chi connectivity index (χ4v) is 2.24. The smallest absolute Gasteiger partial charge is 0.292 e. The molecular formula is C15H14N2O. The topological polar surface area (TPSA) is 52.0 Å². The van der Waals surface area contributed by atoms with Gasteiger partial charge in [0.1, 0.15) is 0 Å². The van der Waals surface area contributed by atoms with Crippen molar-refractivity contribution < 1.29 is 4.42 Å². The van der Waals surface area contributed by atoms with Crippen LogP contribution in [-0.2, 0) is 6.42 Å². The molecule has 0 fully saturated rings. The lowest BCUT2D eigenvalue weighted by Crippen LogP contribution is -1.87. The van der Waals surface area contributed by atoms with E-state index in [1.807, 2.05) is 31.2 Å². The highest BCUT2D eigenvalue weighted by molar-refractivity contribution is 5.95. The van der Waals surface area contributed by atoms with Gasteiger partial charge in [-0.05, 0) is 17.2 Å². The maximum Gasteiger partial charge on any atom is 0.292 e. The van der Waals surface area contributed by atoms with E-state index >= 15 is 0 Å². The number of oxazole rings is 1. The summed E-state index contributed by atoms with van der Waals surface area (Å²) in [6.07, 6.45) is 0.805. The van der Waals surface area contributed by atoms with Crippen molar-refractivity contribution >= 4 is 16.8 Å². The third kappa shape index (κ3) is 1.64. The molecule has 0 saturated carbocycles. The van der Waals surface area contributed by atoms with Gasteiger partial charge < -0.3 is 10.2 Å². The number of hydrogen-bond acceptors (Lipinski definition) is 3. The van der Waals surface area contributed by atoms with Gasteiger partial charge in [0.2, 0.25) is 0 Å². The molecule has 1 aromatic heterocycles. The maximum absolute atomic E-state index is 5.66. The molecule has 2 N–H and O–H groups in total. The number of benzene rings is 2. The van der Waals surface area contributed by atoms with Crippen molar-refractivity contribution in [1.29, 1.82) is 0 Å². The minimum atomic E-state index is 0.231. The maximum atomic E-state index is 5.66. The number of aromatic nitrogens is 1. The molecule has 3 heteroatoms. The third-order valence-electron chi connectivity index (χ3n) is 3.08. The van der Waals surface area contributed by atoms with E-state index in [9.17, 15) is 0 Å². The predicted octanol–water partition coefficient (Wildman–Crippen LogP) is 3.64. The van der Waals surface area contributed by atoms with E-state index in [0.29, 0.717) is 0 Å². The quantitative estimate of drug-likeness (QED) is 0.741. The molecule has 0 bridgehead atoms. The van der Waals surface area contributed by atoms with E-state index < -0.39 is 0 Å². The number of nitrogens with two attached hydrogens (primary N) is 1. The molecule has 0 aliphatic rings. The van der Waals surface area contributed by atoms with Crippen LogP contribution in [0.1, 0.15) is 12.6 Å². The number of hydrogen-bond donors (Lipinski definition) is 1. The lowest BCUT2D eigenvalue weighted by Gasteiger charge is -2.04. The van der Waals surface area contributed by atoms with Crippen LogP contribution in [0.25, 0.3) is 22.1 Å². The molecule has 0 amide bonds. The van der Waals surface area contributed by atoms with Gasteiger partial charge in [-0.15, -0.1) is 0 Å². The van der Waals surface area contributed by atoms with Crippen molar-refractivity contribution in [3.8, 4) is 11.3 Å². The average Bonchev–Trinajstić information content (AvgIpc) is 2.79. The minimum absolute atomic E-state index is 0.231. The molecule has 0 unspecified atom stereocenters. The molecule has 90 valence electrons. The van der Waals surface area contributed by atoms with Crippen LogP contribution in [0.15, 0.2) is 46.9 Å². The zero-order valence-corrected chi connectivity index (χ0v) is 10.2. The van der Waals surface area contributed by atoms with Crippen LogP contribution in [0, 0.1) is 0 Å². The number of fused-ring (bicyclic) bond motifs is 1. The Bertz CT molecular complexity index is 695. The summed E-state index contributed by atoms with van der Waals surface area (Å²) < 4.78 is 5.57. The van der Waals surface area contributed by atoms with E-state index in [1.165, 1.54) is 5.39 Å². The Morgan fingerprint density at radius 3 is 2.72 bits per heavy atom. The van der Waals surface area contributed by atoms with E-state index in [-0.39, 0.29) is 6.01 Å². The highest BCUT2D eigenvalue weighted by Crippen LogP contribution is 2.32. The van der Waals surface area contributed by atoms with Gasteiger partial charge in [-0.2, -0.15) is 4.98 Å². The van der Waals surface area contributed by atoms with E-state index in [0.717, 1.165) is 28.8 Å². The summed E-state index contributed by atoms with van der Waals surface area (Å²) in [7, 11) is 0. The van der Waals surface area contributed by atoms with E-state index in [1.54, 1.807) is 0 Å². The monoisotopic (exact) mass is 238 g/mol. The Balaban J connectivity index is 2.31. The molecule has 0 radical (unpaired) electrons. The zero-order valence-electron chi connectivity index (χ0n) is 10.2. The van der Waals surface area contributed by atoms with Crippen LogP contribution in [0.2, 0.25) is 0 Å². The molecule has 3 aromatic rings. The second-order valence-electron chi connectivity index (χ2n) is 4.21. The predicted molar refractivity (Wildman–Crippen MR) is 73.2 cm³/mol. The van der Waals surface area contributed by atoms with Crippen molar-refractivity contribution in [1.82, 2.24) is 4.98 Å². The van der Waals surface area contributed by atoms with Crippen molar-refractivity contribution in [2.24, 2.45) is 0 Å². The van der Waals surface area contributed by atoms with Crippen molar-refractivity contribution in [3.05, 3.63) is 48.2 Å². The first-order chi connectivity index (χ1) is 8.79. The molecule has 3 nitrogen and oxygen atoms in total.